The number of hydrogen-bond donors (Lipinski definition) is 0. The van der Waals surface area contributed by atoms with Crippen LogP contribution in [-0.4, -0.2) is 25.1 Å². The molecule has 0 radical (unpaired) electrons. The first-order valence-corrected chi connectivity index (χ1v) is 6.23. The average molecular weight is 254 g/mol. The highest BCUT2D eigenvalue weighted by molar-refractivity contribution is 5.16. The van der Waals surface area contributed by atoms with Gasteiger partial charge in [0.15, 0.2) is 6.29 Å². The standard InChI is InChI=1S/C14H19FO3/c1-3-13-16-9-14(2,10-17-13)18-8-11-6-4-5-7-12(11)15/h4-7,13H,3,8-10H2,1-2H3. The van der Waals surface area contributed by atoms with E-state index in [4.69, 9.17) is 14.2 Å². The van der Waals surface area contributed by atoms with Crippen LogP contribution in [0.1, 0.15) is 25.8 Å². The van der Waals surface area contributed by atoms with Crippen molar-refractivity contribution in [3.05, 3.63) is 35.6 Å². The van der Waals surface area contributed by atoms with Gasteiger partial charge in [-0.1, -0.05) is 25.1 Å². The molecule has 1 aromatic carbocycles. The van der Waals surface area contributed by atoms with Crippen LogP contribution in [0.3, 0.4) is 0 Å². The Hall–Kier alpha value is -0.970. The van der Waals surface area contributed by atoms with Gasteiger partial charge in [0.25, 0.3) is 0 Å². The molecule has 18 heavy (non-hydrogen) atoms. The van der Waals surface area contributed by atoms with Crippen LogP contribution in [0.15, 0.2) is 24.3 Å². The van der Waals surface area contributed by atoms with Gasteiger partial charge in [-0.2, -0.15) is 0 Å². The minimum atomic E-state index is -0.506. The van der Waals surface area contributed by atoms with Crippen molar-refractivity contribution in [3.63, 3.8) is 0 Å². The Kier molecular flexibility index (Phi) is 4.32. The summed E-state index contributed by atoms with van der Waals surface area (Å²) in [4.78, 5) is 0. The maximum atomic E-state index is 13.4. The fourth-order valence-electron chi connectivity index (χ4n) is 1.81. The summed E-state index contributed by atoms with van der Waals surface area (Å²) >= 11 is 0. The first kappa shape index (κ1) is 13.5. The lowest BCUT2D eigenvalue weighted by molar-refractivity contribution is -0.263. The summed E-state index contributed by atoms with van der Waals surface area (Å²) in [5.41, 5.74) is 0.0462. The van der Waals surface area contributed by atoms with E-state index in [2.05, 4.69) is 0 Å². The van der Waals surface area contributed by atoms with E-state index in [1.807, 2.05) is 13.8 Å². The molecule has 100 valence electrons. The first-order valence-electron chi connectivity index (χ1n) is 6.23. The Morgan fingerprint density at radius 1 is 1.33 bits per heavy atom. The third kappa shape index (κ3) is 3.28. The molecular formula is C14H19FO3. The van der Waals surface area contributed by atoms with E-state index in [1.54, 1.807) is 18.2 Å². The van der Waals surface area contributed by atoms with Gasteiger partial charge in [-0.25, -0.2) is 4.39 Å². The van der Waals surface area contributed by atoms with Crippen LogP contribution in [0.4, 0.5) is 4.39 Å². The second kappa shape index (κ2) is 5.78. The van der Waals surface area contributed by atoms with Gasteiger partial charge in [0.1, 0.15) is 11.4 Å². The van der Waals surface area contributed by atoms with Crippen LogP contribution in [0, 0.1) is 5.82 Å². The Bertz CT molecular complexity index is 386. The molecule has 1 aliphatic rings. The molecule has 1 fully saturated rings. The summed E-state index contributed by atoms with van der Waals surface area (Å²) in [6.07, 6.45) is 0.679. The van der Waals surface area contributed by atoms with Gasteiger partial charge in [-0.05, 0) is 19.4 Å². The molecular weight excluding hydrogens is 235 g/mol. The van der Waals surface area contributed by atoms with Gasteiger partial charge < -0.3 is 14.2 Å². The Labute approximate surface area is 107 Å². The number of ether oxygens (including phenoxy) is 3. The molecule has 0 aromatic heterocycles. The summed E-state index contributed by atoms with van der Waals surface area (Å²) in [5, 5.41) is 0. The lowest BCUT2D eigenvalue weighted by Gasteiger charge is -2.37. The zero-order chi connectivity index (χ0) is 13.0. The zero-order valence-electron chi connectivity index (χ0n) is 10.8. The van der Waals surface area contributed by atoms with Crippen molar-refractivity contribution >= 4 is 0 Å². The van der Waals surface area contributed by atoms with E-state index < -0.39 is 5.60 Å². The van der Waals surface area contributed by atoms with Gasteiger partial charge in [-0.15, -0.1) is 0 Å². The van der Waals surface area contributed by atoms with Gasteiger partial charge in [0.05, 0.1) is 19.8 Å². The maximum absolute atomic E-state index is 13.4. The van der Waals surface area contributed by atoms with E-state index in [9.17, 15) is 4.39 Å². The second-order valence-electron chi connectivity index (χ2n) is 4.79. The quantitative estimate of drug-likeness (QED) is 0.827. The van der Waals surface area contributed by atoms with Gasteiger partial charge in [0.2, 0.25) is 0 Å². The van der Waals surface area contributed by atoms with Gasteiger partial charge in [0, 0.05) is 5.56 Å². The van der Waals surface area contributed by atoms with Crippen LogP contribution in [0.5, 0.6) is 0 Å². The largest absolute Gasteiger partial charge is 0.366 e. The number of halogens is 1. The van der Waals surface area contributed by atoms with Gasteiger partial charge in [-0.3, -0.25) is 0 Å². The highest BCUT2D eigenvalue weighted by atomic mass is 19.1. The third-order valence-electron chi connectivity index (χ3n) is 3.02. The van der Waals surface area contributed by atoms with E-state index in [0.29, 0.717) is 18.8 Å². The molecule has 0 aliphatic carbocycles. The van der Waals surface area contributed by atoms with E-state index >= 15 is 0 Å². The highest BCUT2D eigenvalue weighted by Crippen LogP contribution is 2.22. The van der Waals surface area contributed by atoms with E-state index in [1.165, 1.54) is 6.07 Å². The number of benzene rings is 1. The maximum Gasteiger partial charge on any atom is 0.157 e. The molecule has 0 amide bonds. The third-order valence-corrected chi connectivity index (χ3v) is 3.02. The van der Waals surface area contributed by atoms with Crippen LogP contribution in [-0.2, 0) is 20.8 Å². The molecule has 1 saturated heterocycles. The molecule has 0 bridgehead atoms. The predicted octanol–water partition coefficient (Wildman–Crippen LogP) is 2.88. The smallest absolute Gasteiger partial charge is 0.157 e. The van der Waals surface area contributed by atoms with Crippen molar-refractivity contribution in [2.45, 2.75) is 38.8 Å². The molecule has 1 heterocycles. The Morgan fingerprint density at radius 3 is 2.61 bits per heavy atom. The molecule has 2 rings (SSSR count). The Morgan fingerprint density at radius 2 is 2.00 bits per heavy atom. The SMILES string of the molecule is CCC1OCC(C)(OCc2ccccc2F)CO1. The van der Waals surface area contributed by atoms with Crippen molar-refractivity contribution < 1.29 is 18.6 Å². The fraction of sp³-hybridized carbons (Fsp3) is 0.571. The summed E-state index contributed by atoms with van der Waals surface area (Å²) in [6, 6.07) is 6.62. The van der Waals surface area contributed by atoms with Crippen LogP contribution in [0.2, 0.25) is 0 Å². The molecule has 3 nitrogen and oxygen atoms in total. The highest BCUT2D eigenvalue weighted by Gasteiger charge is 2.33. The average Bonchev–Trinajstić information content (AvgIpc) is 2.39. The van der Waals surface area contributed by atoms with Crippen molar-refractivity contribution in [1.82, 2.24) is 0 Å². The number of rotatable bonds is 4. The molecule has 0 spiro atoms. The molecule has 0 N–H and O–H groups in total. The normalized spacial score (nSPS) is 28.3. The minimum absolute atomic E-state index is 0.143. The molecule has 4 heteroatoms. The summed E-state index contributed by atoms with van der Waals surface area (Å²) < 4.78 is 30.2. The molecule has 1 aromatic rings. The molecule has 0 atom stereocenters. The lowest BCUT2D eigenvalue weighted by atomic mass is 10.1. The van der Waals surface area contributed by atoms with Crippen molar-refractivity contribution in [3.8, 4) is 0 Å². The van der Waals surface area contributed by atoms with Gasteiger partial charge >= 0.3 is 0 Å². The van der Waals surface area contributed by atoms with Crippen molar-refractivity contribution in [2.75, 3.05) is 13.2 Å². The van der Waals surface area contributed by atoms with Crippen LogP contribution >= 0.6 is 0 Å². The fourth-order valence-corrected chi connectivity index (χ4v) is 1.81. The zero-order valence-corrected chi connectivity index (χ0v) is 10.8. The summed E-state index contributed by atoms with van der Waals surface area (Å²) in [6.45, 7) is 5.10. The lowest BCUT2D eigenvalue weighted by Crippen LogP contribution is -2.46. The van der Waals surface area contributed by atoms with Crippen LogP contribution < -0.4 is 0 Å². The summed E-state index contributed by atoms with van der Waals surface area (Å²) in [7, 11) is 0. The van der Waals surface area contributed by atoms with Crippen molar-refractivity contribution in [2.24, 2.45) is 0 Å². The Balaban J connectivity index is 1.88. The van der Waals surface area contributed by atoms with Crippen LogP contribution in [0.25, 0.3) is 0 Å². The van der Waals surface area contributed by atoms with E-state index in [-0.39, 0.29) is 18.7 Å². The number of hydrogen-bond acceptors (Lipinski definition) is 3. The van der Waals surface area contributed by atoms with Crippen molar-refractivity contribution in [1.29, 1.82) is 0 Å². The molecule has 1 aliphatic heterocycles. The first-order chi connectivity index (χ1) is 8.63. The summed E-state index contributed by atoms with van der Waals surface area (Å²) in [5.74, 6) is -0.245. The predicted molar refractivity (Wildman–Crippen MR) is 65.6 cm³/mol. The van der Waals surface area contributed by atoms with E-state index in [0.717, 1.165) is 6.42 Å². The molecule has 0 unspecified atom stereocenters. The topological polar surface area (TPSA) is 27.7 Å². The monoisotopic (exact) mass is 254 g/mol. The minimum Gasteiger partial charge on any atom is -0.366 e. The second-order valence-corrected chi connectivity index (χ2v) is 4.79. The molecule has 0 saturated carbocycles.